The minimum absolute atomic E-state index is 0.234. The van der Waals surface area contributed by atoms with Crippen LogP contribution in [0.5, 0.6) is 0 Å². The second-order valence-corrected chi connectivity index (χ2v) is 14.0. The lowest BCUT2D eigenvalue weighted by Crippen LogP contribution is -2.54. The first kappa shape index (κ1) is 31.9. The van der Waals surface area contributed by atoms with E-state index < -0.39 is 49.1 Å². The minimum atomic E-state index is -1.53. The van der Waals surface area contributed by atoms with Crippen LogP contribution in [0.1, 0.15) is 85.5 Å². The predicted molar refractivity (Wildman–Crippen MR) is 155 cm³/mol. The maximum absolute atomic E-state index is 10.9. The van der Waals surface area contributed by atoms with Gasteiger partial charge in [-0.25, -0.2) is 0 Å². The van der Waals surface area contributed by atoms with Gasteiger partial charge in [0.1, 0.15) is 23.9 Å². The van der Waals surface area contributed by atoms with Crippen LogP contribution in [0.25, 0.3) is 0 Å². The molecule has 6 N–H and O–H groups in total. The molecule has 0 aromatic heterocycles. The highest BCUT2D eigenvalue weighted by Crippen LogP contribution is 2.60. The van der Waals surface area contributed by atoms with Crippen molar-refractivity contribution in [2.45, 2.75) is 122 Å². The summed E-state index contributed by atoms with van der Waals surface area (Å²) in [6.07, 6.45) is 8.06. The number of aliphatic hydroxyl groups is 6. The molecule has 0 aromatic rings. The molecule has 7 heteroatoms. The highest BCUT2D eigenvalue weighted by molar-refractivity contribution is 5.40. The van der Waals surface area contributed by atoms with Crippen molar-refractivity contribution in [2.75, 3.05) is 13.2 Å². The van der Waals surface area contributed by atoms with Crippen LogP contribution < -0.4 is 0 Å². The maximum Gasteiger partial charge on any atom is 0.127 e. The van der Waals surface area contributed by atoms with E-state index in [1.54, 1.807) is 0 Å². The SMILES string of the molecule is C=C1/C(=C\C=C2CCC[C@@]3(C)C2CC[C@@H]3[C@H](C)CCC(O)C(C)C)C[C@@H](O)C[C@@H]1C1(CO)O[C@H](CO)[C@@H](O)[C@@H]1O. The quantitative estimate of drug-likeness (QED) is 0.253. The highest BCUT2D eigenvalue weighted by Gasteiger charge is 2.59. The van der Waals surface area contributed by atoms with Gasteiger partial charge >= 0.3 is 0 Å². The minimum Gasteiger partial charge on any atom is -0.394 e. The third-order valence-electron chi connectivity index (χ3n) is 11.3. The lowest BCUT2D eigenvalue weighted by Gasteiger charge is -2.45. The molecule has 3 saturated carbocycles. The van der Waals surface area contributed by atoms with E-state index in [9.17, 15) is 30.6 Å². The Bertz CT molecular complexity index is 958. The molecule has 11 atom stereocenters. The smallest absolute Gasteiger partial charge is 0.127 e. The van der Waals surface area contributed by atoms with E-state index in [0.717, 1.165) is 31.3 Å². The molecule has 0 bridgehead atoms. The van der Waals surface area contributed by atoms with Gasteiger partial charge in [-0.3, -0.25) is 0 Å². The first-order valence-electron chi connectivity index (χ1n) is 15.6. The van der Waals surface area contributed by atoms with Crippen molar-refractivity contribution < 1.29 is 35.4 Å². The van der Waals surface area contributed by atoms with Gasteiger partial charge in [-0.05, 0) is 98.0 Å². The van der Waals surface area contributed by atoms with Crippen LogP contribution in [0.3, 0.4) is 0 Å². The maximum atomic E-state index is 10.9. The van der Waals surface area contributed by atoms with Gasteiger partial charge in [-0.1, -0.05) is 52.0 Å². The van der Waals surface area contributed by atoms with Gasteiger partial charge in [0.2, 0.25) is 0 Å². The van der Waals surface area contributed by atoms with E-state index in [4.69, 9.17) is 4.74 Å². The first-order chi connectivity index (χ1) is 18.9. The summed E-state index contributed by atoms with van der Waals surface area (Å²) in [5.41, 5.74) is 1.74. The molecule has 0 amide bonds. The number of hydrogen-bond acceptors (Lipinski definition) is 7. The lowest BCUT2D eigenvalue weighted by atomic mass is 9.60. The normalized spacial score (nSPS) is 44.0. The third kappa shape index (κ3) is 5.77. The second-order valence-electron chi connectivity index (χ2n) is 14.0. The molecule has 0 aromatic carbocycles. The molecule has 4 fully saturated rings. The van der Waals surface area contributed by atoms with Crippen molar-refractivity contribution in [3.05, 3.63) is 35.5 Å². The molecule has 0 radical (unpaired) electrons. The van der Waals surface area contributed by atoms with Crippen molar-refractivity contribution in [3.8, 4) is 0 Å². The Morgan fingerprint density at radius 2 is 1.77 bits per heavy atom. The number of hydrogen-bond donors (Lipinski definition) is 6. The fourth-order valence-electron chi connectivity index (χ4n) is 8.75. The van der Waals surface area contributed by atoms with Crippen LogP contribution in [-0.4, -0.2) is 80.0 Å². The molecule has 228 valence electrons. The van der Waals surface area contributed by atoms with Crippen molar-refractivity contribution in [1.29, 1.82) is 0 Å². The Labute approximate surface area is 240 Å². The van der Waals surface area contributed by atoms with Gasteiger partial charge in [0.25, 0.3) is 0 Å². The van der Waals surface area contributed by atoms with Crippen LogP contribution in [0.15, 0.2) is 35.5 Å². The summed E-state index contributed by atoms with van der Waals surface area (Å²) in [6.45, 7) is 12.3. The summed E-state index contributed by atoms with van der Waals surface area (Å²) in [7, 11) is 0. The van der Waals surface area contributed by atoms with Crippen molar-refractivity contribution in [3.63, 3.8) is 0 Å². The fourth-order valence-corrected chi connectivity index (χ4v) is 8.75. The Kier molecular flexibility index (Phi) is 10.1. The van der Waals surface area contributed by atoms with Gasteiger partial charge in [-0.15, -0.1) is 0 Å². The molecule has 4 rings (SSSR count). The van der Waals surface area contributed by atoms with Gasteiger partial charge in [0, 0.05) is 5.92 Å². The monoisotopic (exact) mass is 562 g/mol. The predicted octanol–water partition coefficient (Wildman–Crippen LogP) is 3.66. The van der Waals surface area contributed by atoms with Crippen LogP contribution in [0.4, 0.5) is 0 Å². The molecule has 40 heavy (non-hydrogen) atoms. The summed E-state index contributed by atoms with van der Waals surface area (Å²) in [5, 5.41) is 62.4. The molecule has 3 unspecified atom stereocenters. The average Bonchev–Trinajstić information content (AvgIpc) is 3.41. The van der Waals surface area contributed by atoms with E-state index in [1.165, 1.54) is 24.8 Å². The van der Waals surface area contributed by atoms with Crippen LogP contribution in [-0.2, 0) is 4.74 Å². The standard InChI is InChI=1S/C33H54O7/c1-19(2)28(37)13-8-20(3)25-11-12-26-22(7-6-14-32(25,26)5)9-10-23-15-24(36)16-27(21(23)4)33(18-35)31(39)30(38)29(17-34)40-33/h9-10,19-20,24-31,34-39H,4,6-8,11-18H2,1-3,5H3/b22-9?,23-10-/t20-,24-,25-,26?,27+,28?,29-,30-,31+,32-,33?/m1/s1. The molecule has 1 saturated heterocycles. The summed E-state index contributed by atoms with van der Waals surface area (Å²) in [4.78, 5) is 0. The molecule has 0 spiro atoms. The molecule has 7 nitrogen and oxygen atoms in total. The van der Waals surface area contributed by atoms with E-state index >= 15 is 0 Å². The average molecular weight is 563 g/mol. The van der Waals surface area contributed by atoms with Gasteiger partial charge in [-0.2, -0.15) is 0 Å². The fraction of sp³-hybridized carbons (Fsp3) is 0.818. The molecule has 4 aliphatic rings. The molecule has 1 aliphatic heterocycles. The van der Waals surface area contributed by atoms with Gasteiger partial charge in [0.15, 0.2) is 0 Å². The molecular formula is C33H54O7. The van der Waals surface area contributed by atoms with Crippen molar-refractivity contribution >= 4 is 0 Å². The van der Waals surface area contributed by atoms with Crippen LogP contribution >= 0.6 is 0 Å². The Morgan fingerprint density at radius 3 is 2.40 bits per heavy atom. The van der Waals surface area contributed by atoms with Crippen molar-refractivity contribution in [1.82, 2.24) is 0 Å². The molecule has 3 aliphatic carbocycles. The second kappa shape index (κ2) is 12.7. The number of aliphatic hydroxyl groups excluding tert-OH is 6. The number of allylic oxidation sites excluding steroid dienone is 3. The zero-order chi connectivity index (χ0) is 29.4. The highest BCUT2D eigenvalue weighted by atomic mass is 16.6. The zero-order valence-electron chi connectivity index (χ0n) is 25.0. The van der Waals surface area contributed by atoms with E-state index in [2.05, 4.69) is 46.4 Å². The third-order valence-corrected chi connectivity index (χ3v) is 11.3. The Balaban J connectivity index is 1.53. The summed E-state index contributed by atoms with van der Waals surface area (Å²) in [6, 6.07) is 0. The zero-order valence-corrected chi connectivity index (χ0v) is 25.0. The first-order valence-corrected chi connectivity index (χ1v) is 15.6. The van der Waals surface area contributed by atoms with Crippen LogP contribution in [0.2, 0.25) is 0 Å². The number of ether oxygens (including phenoxy) is 1. The van der Waals surface area contributed by atoms with E-state index in [1.807, 2.05) is 0 Å². The Hall–Kier alpha value is -1.06. The van der Waals surface area contributed by atoms with Gasteiger partial charge < -0.3 is 35.4 Å². The molecular weight excluding hydrogens is 508 g/mol. The van der Waals surface area contributed by atoms with Gasteiger partial charge in [0.05, 0.1) is 25.4 Å². The van der Waals surface area contributed by atoms with Crippen LogP contribution in [0, 0.1) is 35.0 Å². The van der Waals surface area contributed by atoms with Crippen molar-refractivity contribution in [2.24, 2.45) is 35.0 Å². The largest absolute Gasteiger partial charge is 0.394 e. The topological polar surface area (TPSA) is 131 Å². The lowest BCUT2D eigenvalue weighted by molar-refractivity contribution is -0.150. The summed E-state index contributed by atoms with van der Waals surface area (Å²) in [5.74, 6) is 1.42. The summed E-state index contributed by atoms with van der Waals surface area (Å²) >= 11 is 0. The molecule has 1 heterocycles. The summed E-state index contributed by atoms with van der Waals surface area (Å²) < 4.78 is 5.89. The number of rotatable bonds is 9. The van der Waals surface area contributed by atoms with E-state index in [-0.39, 0.29) is 17.9 Å². The van der Waals surface area contributed by atoms with E-state index in [0.29, 0.717) is 35.7 Å². The number of fused-ring (bicyclic) bond motifs is 1. The Morgan fingerprint density at radius 1 is 1.05 bits per heavy atom.